The lowest BCUT2D eigenvalue weighted by Gasteiger charge is -2.42. The lowest BCUT2D eigenvalue weighted by Crippen LogP contribution is -2.42. The second-order valence-corrected chi connectivity index (χ2v) is 11.2. The lowest BCUT2D eigenvalue weighted by molar-refractivity contribution is -0.118. The van der Waals surface area contributed by atoms with Crippen LogP contribution in [0.1, 0.15) is 43.7 Å². The van der Waals surface area contributed by atoms with Crippen LogP contribution >= 0.6 is 23.1 Å². The summed E-state index contributed by atoms with van der Waals surface area (Å²) in [5.74, 6) is -0.646. The number of nitrogens with two attached hydrogens (primary N) is 2. The Balaban J connectivity index is 1.89. The van der Waals surface area contributed by atoms with E-state index >= 15 is 0 Å². The van der Waals surface area contributed by atoms with Gasteiger partial charge in [0.05, 0.1) is 23.3 Å². The van der Waals surface area contributed by atoms with E-state index in [1.54, 1.807) is 4.90 Å². The van der Waals surface area contributed by atoms with Gasteiger partial charge in [0.1, 0.15) is 5.82 Å². The Hall–Kier alpha value is -3.16. The number of amides is 1. The Morgan fingerprint density at radius 1 is 1.36 bits per heavy atom. The molecule has 1 aromatic carbocycles. The maximum absolute atomic E-state index is 13.5. The maximum atomic E-state index is 13.5. The van der Waals surface area contributed by atoms with E-state index in [4.69, 9.17) is 11.5 Å². The van der Waals surface area contributed by atoms with E-state index in [1.807, 2.05) is 45.0 Å². The van der Waals surface area contributed by atoms with Crippen LogP contribution in [0.2, 0.25) is 0 Å². The van der Waals surface area contributed by atoms with Gasteiger partial charge in [0.15, 0.2) is 10.1 Å². The van der Waals surface area contributed by atoms with Gasteiger partial charge < -0.3 is 11.5 Å². The zero-order valence-electron chi connectivity index (χ0n) is 18.6. The molecule has 2 aliphatic rings. The van der Waals surface area contributed by atoms with Crippen molar-refractivity contribution in [1.82, 2.24) is 10.2 Å². The number of carbonyl (C=O) groups excluding carboxylic acids is 2. The Bertz CT molecular complexity index is 1250. The standard InChI is InChI=1S/C23H24N6O2S2/c1-12-5-4-6-13(7-12)18-14(10-24)20(26)29(15-8-23(2,3)9-16(30)19(15)18)21-27-28-22(33-21)32-11-17(25)31/h4-7,18H,8-9,11,26H2,1-3H3,(H2,25,31). The highest BCUT2D eigenvalue weighted by molar-refractivity contribution is 8.01. The molecule has 1 aliphatic heterocycles. The van der Waals surface area contributed by atoms with E-state index < -0.39 is 11.8 Å². The molecule has 1 aromatic heterocycles. The van der Waals surface area contributed by atoms with Crippen molar-refractivity contribution in [1.29, 1.82) is 5.26 Å². The highest BCUT2D eigenvalue weighted by Crippen LogP contribution is 2.50. The smallest absolute Gasteiger partial charge is 0.227 e. The normalized spacial score (nSPS) is 20.0. The summed E-state index contributed by atoms with van der Waals surface area (Å²) in [7, 11) is 0. The zero-order valence-corrected chi connectivity index (χ0v) is 20.2. The molecule has 8 nitrogen and oxygen atoms in total. The average Bonchev–Trinajstić information content (AvgIpc) is 3.19. The number of ketones is 1. The van der Waals surface area contributed by atoms with E-state index in [0.717, 1.165) is 16.8 Å². The summed E-state index contributed by atoms with van der Waals surface area (Å²) < 4.78 is 0.555. The molecule has 1 aliphatic carbocycles. The number of nitrogens with zero attached hydrogens (tertiary/aromatic N) is 4. The summed E-state index contributed by atoms with van der Waals surface area (Å²) in [6.07, 6.45) is 0.982. The Morgan fingerprint density at radius 3 is 2.79 bits per heavy atom. The first-order valence-electron chi connectivity index (χ1n) is 10.4. The lowest BCUT2D eigenvalue weighted by atomic mass is 9.68. The molecule has 0 saturated carbocycles. The number of Topliss-reactive ketones (excluding diaryl/α,β-unsaturated/α-hetero) is 1. The van der Waals surface area contributed by atoms with Gasteiger partial charge in [-0.05, 0) is 24.3 Å². The predicted molar refractivity (Wildman–Crippen MR) is 128 cm³/mol. The Morgan fingerprint density at radius 2 is 2.12 bits per heavy atom. The van der Waals surface area contributed by atoms with Gasteiger partial charge in [-0.15, -0.1) is 10.2 Å². The van der Waals surface area contributed by atoms with Gasteiger partial charge in [0, 0.05) is 17.7 Å². The average molecular weight is 481 g/mol. The summed E-state index contributed by atoms with van der Waals surface area (Å²) in [5.41, 5.74) is 15.1. The molecule has 0 fully saturated rings. The van der Waals surface area contributed by atoms with Crippen molar-refractivity contribution in [2.45, 2.75) is 43.9 Å². The first-order chi connectivity index (χ1) is 15.6. The number of aryl methyl sites for hydroxylation is 1. The number of nitriles is 1. The van der Waals surface area contributed by atoms with Gasteiger partial charge in [-0.25, -0.2) is 0 Å². The fraction of sp³-hybridized carbons (Fsp3) is 0.348. The van der Waals surface area contributed by atoms with Crippen LogP contribution in [0.3, 0.4) is 0 Å². The molecular weight excluding hydrogens is 456 g/mol. The van der Waals surface area contributed by atoms with Crippen LogP contribution < -0.4 is 16.4 Å². The van der Waals surface area contributed by atoms with E-state index in [0.29, 0.717) is 33.5 Å². The van der Waals surface area contributed by atoms with E-state index in [2.05, 4.69) is 16.3 Å². The third kappa shape index (κ3) is 4.38. The number of rotatable bonds is 5. The first kappa shape index (κ1) is 23.0. The highest BCUT2D eigenvalue weighted by atomic mass is 32.2. The minimum atomic E-state index is -0.527. The molecule has 0 bridgehead atoms. The molecule has 0 saturated heterocycles. The second-order valence-electron chi connectivity index (χ2n) is 9.00. The van der Waals surface area contributed by atoms with Crippen molar-refractivity contribution in [2.75, 3.05) is 10.7 Å². The molecule has 4 N–H and O–H groups in total. The van der Waals surface area contributed by atoms with Gasteiger partial charge in [-0.3, -0.25) is 14.5 Å². The third-order valence-electron chi connectivity index (χ3n) is 5.68. The van der Waals surface area contributed by atoms with Gasteiger partial charge in [0.2, 0.25) is 11.0 Å². The van der Waals surface area contributed by atoms with E-state index in [9.17, 15) is 14.9 Å². The summed E-state index contributed by atoms with van der Waals surface area (Å²) in [4.78, 5) is 26.3. The number of primary amides is 1. The van der Waals surface area contributed by atoms with Crippen LogP contribution in [-0.4, -0.2) is 27.6 Å². The van der Waals surface area contributed by atoms with Gasteiger partial charge >= 0.3 is 0 Å². The largest absolute Gasteiger partial charge is 0.384 e. The van der Waals surface area contributed by atoms with Gasteiger partial charge in [-0.1, -0.05) is 66.8 Å². The number of aromatic nitrogens is 2. The molecule has 170 valence electrons. The molecule has 1 atom stereocenters. The molecule has 10 heteroatoms. The molecule has 2 aromatic rings. The number of hydrogen-bond acceptors (Lipinski definition) is 9. The maximum Gasteiger partial charge on any atom is 0.227 e. The van der Waals surface area contributed by atoms with Crippen molar-refractivity contribution in [2.24, 2.45) is 16.9 Å². The summed E-state index contributed by atoms with van der Waals surface area (Å²) in [6.45, 7) is 6.07. The van der Waals surface area contributed by atoms with Crippen LogP contribution in [0, 0.1) is 23.7 Å². The fourth-order valence-corrected chi connectivity index (χ4v) is 6.01. The number of hydrogen-bond donors (Lipinski definition) is 2. The van der Waals surface area contributed by atoms with Crippen LogP contribution in [0.15, 0.2) is 51.3 Å². The minimum Gasteiger partial charge on any atom is -0.384 e. The first-order valence-corrected chi connectivity index (χ1v) is 12.2. The zero-order chi connectivity index (χ0) is 23.9. The number of benzene rings is 1. The molecule has 1 amide bonds. The van der Waals surface area contributed by atoms with Crippen LogP contribution in [-0.2, 0) is 9.59 Å². The van der Waals surface area contributed by atoms with Gasteiger partial charge in [-0.2, -0.15) is 5.26 Å². The fourth-order valence-electron chi connectivity index (χ4n) is 4.39. The number of carbonyl (C=O) groups is 2. The number of allylic oxidation sites excluding steroid dienone is 3. The molecule has 0 radical (unpaired) electrons. The van der Waals surface area contributed by atoms with Crippen LogP contribution in [0.4, 0.5) is 5.13 Å². The molecule has 33 heavy (non-hydrogen) atoms. The third-order valence-corrected chi connectivity index (χ3v) is 7.75. The number of anilines is 1. The van der Waals surface area contributed by atoms with E-state index in [-0.39, 0.29) is 22.8 Å². The molecule has 1 unspecified atom stereocenters. The van der Waals surface area contributed by atoms with Crippen LogP contribution in [0.25, 0.3) is 0 Å². The predicted octanol–water partition coefficient (Wildman–Crippen LogP) is 3.36. The van der Waals surface area contributed by atoms with Crippen molar-refractivity contribution in [3.8, 4) is 6.07 Å². The highest BCUT2D eigenvalue weighted by Gasteiger charge is 2.45. The summed E-state index contributed by atoms with van der Waals surface area (Å²) in [5, 5.41) is 19.0. The molecular formula is C23H24N6O2S2. The van der Waals surface area contributed by atoms with E-state index in [1.165, 1.54) is 23.1 Å². The number of thioether (sulfide) groups is 1. The quantitative estimate of drug-likeness (QED) is 0.621. The molecule has 0 spiro atoms. The SMILES string of the molecule is Cc1cccc(C2C(C#N)=C(N)N(c3nnc(SCC(N)=O)s3)C3=C2C(=O)CC(C)(C)C3)c1. The Kier molecular flexibility index (Phi) is 6.03. The van der Waals surface area contributed by atoms with Crippen molar-refractivity contribution >= 4 is 39.9 Å². The van der Waals surface area contributed by atoms with Crippen LogP contribution in [0.5, 0.6) is 0 Å². The monoisotopic (exact) mass is 480 g/mol. The molecule has 2 heterocycles. The van der Waals surface area contributed by atoms with Gasteiger partial charge in [0.25, 0.3) is 0 Å². The molecule has 4 rings (SSSR count). The second kappa shape index (κ2) is 8.65. The van der Waals surface area contributed by atoms with Crippen molar-refractivity contribution in [3.63, 3.8) is 0 Å². The minimum absolute atomic E-state index is 0.00542. The summed E-state index contributed by atoms with van der Waals surface area (Å²) >= 11 is 2.43. The van der Waals surface area contributed by atoms with Crippen molar-refractivity contribution < 1.29 is 9.59 Å². The van der Waals surface area contributed by atoms with Crippen molar-refractivity contribution in [3.05, 3.63) is 58.1 Å². The Labute approximate surface area is 200 Å². The topological polar surface area (TPSA) is 139 Å². The summed E-state index contributed by atoms with van der Waals surface area (Å²) in [6, 6.07) is 10.1.